The normalized spacial score (nSPS) is 22.0. The number of likely N-dealkylation sites (tertiary alicyclic amines) is 1. The minimum atomic E-state index is -3.23. The van der Waals surface area contributed by atoms with Crippen molar-refractivity contribution in [1.29, 1.82) is 0 Å². The van der Waals surface area contributed by atoms with Crippen molar-refractivity contribution < 1.29 is 13.2 Å². The number of carbonyl (C=O) groups is 1. The number of amides is 1. The molecule has 0 radical (unpaired) electrons. The average Bonchev–Trinajstić information content (AvgIpc) is 2.96. The molecule has 23 heavy (non-hydrogen) atoms. The van der Waals surface area contributed by atoms with E-state index in [0.717, 1.165) is 56.9 Å². The monoisotopic (exact) mass is 356 g/mol. The van der Waals surface area contributed by atoms with Gasteiger partial charge in [0.2, 0.25) is 10.0 Å². The SMILES string of the molecule is CS(=O)(=O)NC[C@H]1CCCCN1C(=O)c1csc2c1CCCC2. The number of carbonyl (C=O) groups excluding carboxylic acids is 1. The van der Waals surface area contributed by atoms with Crippen molar-refractivity contribution in [2.75, 3.05) is 19.3 Å². The second-order valence-electron chi connectivity index (χ2n) is 6.53. The molecule has 2 heterocycles. The van der Waals surface area contributed by atoms with Crippen LogP contribution in [0.3, 0.4) is 0 Å². The van der Waals surface area contributed by atoms with Crippen LogP contribution in [0.25, 0.3) is 0 Å². The van der Waals surface area contributed by atoms with Crippen LogP contribution in [0.1, 0.15) is 52.9 Å². The molecule has 0 spiro atoms. The van der Waals surface area contributed by atoms with E-state index in [2.05, 4.69) is 4.72 Å². The topological polar surface area (TPSA) is 66.5 Å². The molecule has 1 saturated heterocycles. The molecule has 128 valence electrons. The van der Waals surface area contributed by atoms with Gasteiger partial charge in [-0.05, 0) is 50.5 Å². The predicted octanol–water partition coefficient (Wildman–Crippen LogP) is 2.17. The van der Waals surface area contributed by atoms with E-state index in [1.165, 1.54) is 16.9 Å². The van der Waals surface area contributed by atoms with Crippen molar-refractivity contribution in [1.82, 2.24) is 9.62 Å². The third-order valence-electron chi connectivity index (χ3n) is 4.76. The Kier molecular flexibility index (Phi) is 5.08. The number of aryl methyl sites for hydroxylation is 1. The first-order valence-corrected chi connectivity index (χ1v) is 11.1. The van der Waals surface area contributed by atoms with E-state index in [0.29, 0.717) is 6.54 Å². The standard InChI is InChI=1S/C16H24N2O3S2/c1-23(20,21)17-10-12-6-4-5-9-18(12)16(19)14-11-22-15-8-3-2-7-13(14)15/h11-12,17H,2-10H2,1H3/t12-/m1/s1. The van der Waals surface area contributed by atoms with E-state index in [4.69, 9.17) is 0 Å². The second-order valence-corrected chi connectivity index (χ2v) is 9.32. The minimum absolute atomic E-state index is 0.0369. The van der Waals surface area contributed by atoms with Gasteiger partial charge in [0.25, 0.3) is 5.91 Å². The molecule has 1 aromatic heterocycles. The molecule has 0 unspecified atom stereocenters. The maximum atomic E-state index is 13.0. The number of hydrogen-bond donors (Lipinski definition) is 1. The maximum absolute atomic E-state index is 13.0. The third kappa shape index (κ3) is 3.95. The van der Waals surface area contributed by atoms with Gasteiger partial charge < -0.3 is 4.90 Å². The highest BCUT2D eigenvalue weighted by Crippen LogP contribution is 2.32. The molecular weight excluding hydrogens is 332 g/mol. The molecule has 7 heteroatoms. The lowest BCUT2D eigenvalue weighted by molar-refractivity contribution is 0.0618. The average molecular weight is 357 g/mol. The molecule has 0 bridgehead atoms. The van der Waals surface area contributed by atoms with Gasteiger partial charge in [-0.15, -0.1) is 11.3 Å². The molecule has 1 atom stereocenters. The van der Waals surface area contributed by atoms with Crippen LogP contribution >= 0.6 is 11.3 Å². The summed E-state index contributed by atoms with van der Waals surface area (Å²) in [5.74, 6) is 0.0874. The fraction of sp³-hybridized carbons (Fsp3) is 0.688. The zero-order valence-corrected chi connectivity index (χ0v) is 15.1. The third-order valence-corrected chi connectivity index (χ3v) is 6.54. The van der Waals surface area contributed by atoms with E-state index >= 15 is 0 Å². The largest absolute Gasteiger partial charge is 0.334 e. The van der Waals surface area contributed by atoms with Crippen LogP contribution in [0.15, 0.2) is 5.38 Å². The van der Waals surface area contributed by atoms with Gasteiger partial charge >= 0.3 is 0 Å². The summed E-state index contributed by atoms with van der Waals surface area (Å²) in [6, 6.07) is -0.0369. The van der Waals surface area contributed by atoms with Crippen molar-refractivity contribution in [2.24, 2.45) is 0 Å². The van der Waals surface area contributed by atoms with E-state index in [-0.39, 0.29) is 11.9 Å². The van der Waals surface area contributed by atoms with Gasteiger partial charge in [-0.25, -0.2) is 13.1 Å². The van der Waals surface area contributed by atoms with Crippen LogP contribution in [0.5, 0.6) is 0 Å². The summed E-state index contributed by atoms with van der Waals surface area (Å²) >= 11 is 1.70. The Hall–Kier alpha value is -0.920. The van der Waals surface area contributed by atoms with Crippen LogP contribution in [-0.2, 0) is 22.9 Å². The number of hydrogen-bond acceptors (Lipinski definition) is 4. The van der Waals surface area contributed by atoms with Gasteiger partial charge in [-0.2, -0.15) is 0 Å². The van der Waals surface area contributed by atoms with Crippen molar-refractivity contribution in [3.8, 4) is 0 Å². The number of sulfonamides is 1. The van der Waals surface area contributed by atoms with Crippen LogP contribution in [-0.4, -0.2) is 44.6 Å². The Labute approximate surface area is 142 Å². The molecule has 1 N–H and O–H groups in total. The Bertz CT molecular complexity index is 681. The summed E-state index contributed by atoms with van der Waals surface area (Å²) in [6.07, 6.45) is 8.52. The summed E-state index contributed by atoms with van der Waals surface area (Å²) in [5, 5.41) is 2.01. The van der Waals surface area contributed by atoms with Gasteiger partial charge in [0, 0.05) is 29.4 Å². The molecule has 0 aromatic carbocycles. The van der Waals surface area contributed by atoms with E-state index in [9.17, 15) is 13.2 Å². The van der Waals surface area contributed by atoms with Gasteiger partial charge in [-0.3, -0.25) is 4.79 Å². The summed E-state index contributed by atoms with van der Waals surface area (Å²) in [5.41, 5.74) is 2.10. The molecule has 3 rings (SSSR count). The number of nitrogens with zero attached hydrogens (tertiary/aromatic N) is 1. The first-order chi connectivity index (χ1) is 11.0. The number of piperidine rings is 1. The second kappa shape index (κ2) is 6.91. The highest BCUT2D eigenvalue weighted by molar-refractivity contribution is 7.88. The van der Waals surface area contributed by atoms with Crippen LogP contribution in [0, 0.1) is 0 Å². The predicted molar refractivity (Wildman–Crippen MR) is 92.5 cm³/mol. The molecule has 1 aromatic rings. The number of nitrogens with one attached hydrogen (secondary N) is 1. The molecule has 2 aliphatic rings. The van der Waals surface area contributed by atoms with Gasteiger partial charge in [-0.1, -0.05) is 0 Å². The fourth-order valence-corrected chi connectivity index (χ4v) is 5.17. The maximum Gasteiger partial charge on any atom is 0.255 e. The highest BCUT2D eigenvalue weighted by atomic mass is 32.2. The lowest BCUT2D eigenvalue weighted by Crippen LogP contribution is -2.49. The van der Waals surface area contributed by atoms with Crippen molar-refractivity contribution in [3.05, 3.63) is 21.4 Å². The first kappa shape index (κ1) is 16.9. The molecule has 1 amide bonds. The van der Waals surface area contributed by atoms with E-state index < -0.39 is 10.0 Å². The number of rotatable bonds is 4. The molecule has 5 nitrogen and oxygen atoms in total. The Morgan fingerprint density at radius 2 is 2.09 bits per heavy atom. The molecule has 0 saturated carbocycles. The molecular formula is C16H24N2O3S2. The first-order valence-electron chi connectivity index (χ1n) is 8.30. The van der Waals surface area contributed by atoms with Gasteiger partial charge in [0.05, 0.1) is 11.8 Å². The van der Waals surface area contributed by atoms with Crippen LogP contribution in [0.4, 0.5) is 0 Å². The van der Waals surface area contributed by atoms with E-state index in [1.54, 1.807) is 11.3 Å². The van der Waals surface area contributed by atoms with Crippen molar-refractivity contribution >= 4 is 27.3 Å². The summed E-state index contributed by atoms with van der Waals surface area (Å²) in [7, 11) is -3.23. The van der Waals surface area contributed by atoms with E-state index in [1.807, 2.05) is 10.3 Å². The summed E-state index contributed by atoms with van der Waals surface area (Å²) in [4.78, 5) is 16.3. The lowest BCUT2D eigenvalue weighted by Gasteiger charge is -2.36. The molecule has 1 aliphatic carbocycles. The smallest absolute Gasteiger partial charge is 0.255 e. The lowest BCUT2D eigenvalue weighted by atomic mass is 9.94. The zero-order valence-electron chi connectivity index (χ0n) is 13.5. The Morgan fingerprint density at radius 1 is 1.30 bits per heavy atom. The summed E-state index contributed by atoms with van der Waals surface area (Å²) < 4.78 is 25.3. The van der Waals surface area contributed by atoms with Crippen LogP contribution < -0.4 is 4.72 Å². The van der Waals surface area contributed by atoms with Crippen molar-refractivity contribution in [3.63, 3.8) is 0 Å². The van der Waals surface area contributed by atoms with Gasteiger partial charge in [0.15, 0.2) is 0 Å². The fourth-order valence-electron chi connectivity index (χ4n) is 3.56. The van der Waals surface area contributed by atoms with Crippen molar-refractivity contribution in [2.45, 2.75) is 51.0 Å². The Balaban J connectivity index is 1.77. The van der Waals surface area contributed by atoms with Gasteiger partial charge in [0.1, 0.15) is 0 Å². The summed E-state index contributed by atoms with van der Waals surface area (Å²) in [6.45, 7) is 1.04. The van der Waals surface area contributed by atoms with Crippen LogP contribution in [0.2, 0.25) is 0 Å². The quantitative estimate of drug-likeness (QED) is 0.899. The number of fused-ring (bicyclic) bond motifs is 1. The number of thiophene rings is 1. The zero-order chi connectivity index (χ0) is 16.4. The Morgan fingerprint density at radius 3 is 2.87 bits per heavy atom. The molecule has 1 aliphatic heterocycles. The minimum Gasteiger partial charge on any atom is -0.334 e. The highest BCUT2D eigenvalue weighted by Gasteiger charge is 2.30. The molecule has 1 fully saturated rings.